The predicted octanol–water partition coefficient (Wildman–Crippen LogP) is 2.79. The Morgan fingerprint density at radius 3 is 2.68 bits per heavy atom. The van der Waals surface area contributed by atoms with E-state index < -0.39 is 17.5 Å². The van der Waals surface area contributed by atoms with Crippen molar-refractivity contribution in [3.05, 3.63) is 49.8 Å². The third kappa shape index (κ3) is 3.31. The Morgan fingerprint density at radius 2 is 2.14 bits per heavy atom. The van der Waals surface area contributed by atoms with Gasteiger partial charge in [-0.15, -0.1) is 0 Å². The van der Waals surface area contributed by atoms with Gasteiger partial charge in [-0.1, -0.05) is 23.1 Å². The van der Waals surface area contributed by atoms with Crippen LogP contribution in [-0.4, -0.2) is 24.4 Å². The molecule has 0 aliphatic carbocycles. The first-order valence-electron chi connectivity index (χ1n) is 6.46. The highest BCUT2D eigenvalue weighted by Crippen LogP contribution is 2.26. The van der Waals surface area contributed by atoms with E-state index in [9.17, 15) is 14.0 Å². The molecule has 2 rings (SSSR count). The summed E-state index contributed by atoms with van der Waals surface area (Å²) < 4.78 is 15.9. The van der Waals surface area contributed by atoms with Crippen molar-refractivity contribution >= 4 is 34.7 Å². The highest BCUT2D eigenvalue weighted by atomic mass is 35.5. The van der Waals surface area contributed by atoms with Gasteiger partial charge in [-0.25, -0.2) is 4.39 Å². The molecule has 2 aromatic rings. The second-order valence-electron chi connectivity index (χ2n) is 4.97. The standard InChI is InChI=1S/C14H15ClFN3O2S/c1-7(9-6-8(16)4-5-10(9)19(2)3)17-14(21)12-11(15)13(20)18-22-12/h4-7H,1-3H3,(H,17,21)(H,18,20). The lowest BCUT2D eigenvalue weighted by Crippen LogP contribution is -2.28. The molecule has 1 unspecified atom stereocenters. The van der Waals surface area contributed by atoms with Crippen LogP contribution in [0.15, 0.2) is 23.0 Å². The van der Waals surface area contributed by atoms with Crippen LogP contribution in [0.5, 0.6) is 0 Å². The van der Waals surface area contributed by atoms with Crippen LogP contribution in [0, 0.1) is 5.82 Å². The molecule has 1 amide bonds. The minimum Gasteiger partial charge on any atom is -0.377 e. The first kappa shape index (κ1) is 16.5. The number of benzene rings is 1. The molecule has 1 aromatic heterocycles. The molecule has 0 saturated carbocycles. The van der Waals surface area contributed by atoms with Crippen LogP contribution < -0.4 is 15.8 Å². The third-order valence-corrected chi connectivity index (χ3v) is 4.49. The molecule has 0 bridgehead atoms. The van der Waals surface area contributed by atoms with Gasteiger partial charge in [0.25, 0.3) is 11.5 Å². The number of amides is 1. The Balaban J connectivity index is 2.27. The smallest absolute Gasteiger partial charge is 0.277 e. The summed E-state index contributed by atoms with van der Waals surface area (Å²) in [6, 6.07) is 3.94. The Hall–Kier alpha value is -1.86. The van der Waals surface area contributed by atoms with E-state index >= 15 is 0 Å². The van der Waals surface area contributed by atoms with Crippen molar-refractivity contribution in [2.45, 2.75) is 13.0 Å². The maximum Gasteiger partial charge on any atom is 0.277 e. The van der Waals surface area contributed by atoms with Gasteiger partial charge in [0.05, 0.1) is 6.04 Å². The highest BCUT2D eigenvalue weighted by Gasteiger charge is 2.20. The Labute approximate surface area is 135 Å². The fraction of sp³-hybridized carbons (Fsp3) is 0.286. The predicted molar refractivity (Wildman–Crippen MR) is 86.6 cm³/mol. The zero-order valence-electron chi connectivity index (χ0n) is 12.2. The van der Waals surface area contributed by atoms with Gasteiger partial charge in [0.15, 0.2) is 0 Å². The fourth-order valence-electron chi connectivity index (χ4n) is 2.06. The summed E-state index contributed by atoms with van der Waals surface area (Å²) in [6.45, 7) is 1.74. The zero-order chi connectivity index (χ0) is 16.4. The highest BCUT2D eigenvalue weighted by molar-refractivity contribution is 7.08. The van der Waals surface area contributed by atoms with Gasteiger partial charge in [0.2, 0.25) is 0 Å². The van der Waals surface area contributed by atoms with Crippen molar-refractivity contribution in [3.8, 4) is 0 Å². The minimum atomic E-state index is -0.496. The largest absolute Gasteiger partial charge is 0.377 e. The van der Waals surface area contributed by atoms with Crippen molar-refractivity contribution in [1.29, 1.82) is 0 Å². The number of carbonyl (C=O) groups is 1. The summed E-state index contributed by atoms with van der Waals surface area (Å²) in [5.74, 6) is -0.860. The molecule has 0 aliphatic heterocycles. The molecule has 5 nitrogen and oxygen atoms in total. The average molecular weight is 344 g/mol. The van der Waals surface area contributed by atoms with Gasteiger partial charge in [0, 0.05) is 25.3 Å². The van der Waals surface area contributed by atoms with Crippen LogP contribution in [-0.2, 0) is 0 Å². The summed E-state index contributed by atoms with van der Waals surface area (Å²) in [5, 5.41) is 2.59. The average Bonchev–Trinajstić information content (AvgIpc) is 2.78. The van der Waals surface area contributed by atoms with Crippen LogP contribution in [0.2, 0.25) is 5.02 Å². The van der Waals surface area contributed by atoms with Crippen molar-refractivity contribution in [3.63, 3.8) is 0 Å². The zero-order valence-corrected chi connectivity index (χ0v) is 13.8. The van der Waals surface area contributed by atoms with Crippen LogP contribution in [0.3, 0.4) is 0 Å². The number of H-pyrrole nitrogens is 1. The molecule has 2 N–H and O–H groups in total. The molecule has 22 heavy (non-hydrogen) atoms. The van der Waals surface area contributed by atoms with E-state index in [1.807, 2.05) is 19.0 Å². The Morgan fingerprint density at radius 1 is 1.45 bits per heavy atom. The molecule has 0 radical (unpaired) electrons. The lowest BCUT2D eigenvalue weighted by molar-refractivity contribution is 0.0944. The molecule has 1 aromatic carbocycles. The molecule has 1 atom stereocenters. The number of anilines is 1. The molecule has 0 fully saturated rings. The van der Waals surface area contributed by atoms with Crippen LogP contribution in [0.1, 0.15) is 28.2 Å². The van der Waals surface area contributed by atoms with Crippen LogP contribution in [0.4, 0.5) is 10.1 Å². The van der Waals surface area contributed by atoms with Crippen LogP contribution >= 0.6 is 23.1 Å². The normalized spacial score (nSPS) is 12.0. The topological polar surface area (TPSA) is 65.2 Å². The molecular weight excluding hydrogens is 329 g/mol. The number of hydrogen-bond acceptors (Lipinski definition) is 4. The summed E-state index contributed by atoms with van der Waals surface area (Å²) in [4.78, 5) is 25.4. The third-order valence-electron chi connectivity index (χ3n) is 3.14. The SMILES string of the molecule is CC(NC(=O)c1s[nH]c(=O)c1Cl)c1cc(F)ccc1N(C)C. The first-order chi connectivity index (χ1) is 10.3. The van der Waals surface area contributed by atoms with Gasteiger partial charge in [-0.05, 0) is 25.1 Å². The second-order valence-corrected chi connectivity index (χ2v) is 6.16. The molecule has 0 aliphatic rings. The van der Waals surface area contributed by atoms with E-state index in [0.717, 1.165) is 17.2 Å². The summed E-state index contributed by atoms with van der Waals surface area (Å²) in [7, 11) is 3.67. The van der Waals surface area contributed by atoms with E-state index in [1.165, 1.54) is 12.1 Å². The van der Waals surface area contributed by atoms with Gasteiger partial charge < -0.3 is 10.2 Å². The fourth-order valence-corrected chi connectivity index (χ4v) is 2.99. The summed E-state index contributed by atoms with van der Waals surface area (Å²) >= 11 is 6.65. The van der Waals surface area contributed by atoms with Crippen molar-refractivity contribution < 1.29 is 9.18 Å². The lowest BCUT2D eigenvalue weighted by Gasteiger charge is -2.22. The number of rotatable bonds is 4. The molecule has 0 saturated heterocycles. The van der Waals surface area contributed by atoms with E-state index in [1.54, 1.807) is 13.0 Å². The van der Waals surface area contributed by atoms with Gasteiger partial charge in [-0.3, -0.25) is 14.0 Å². The molecule has 1 heterocycles. The number of aromatic nitrogens is 1. The second kappa shape index (κ2) is 6.50. The number of nitrogens with zero attached hydrogens (tertiary/aromatic N) is 1. The maximum absolute atomic E-state index is 13.5. The van der Waals surface area contributed by atoms with Crippen molar-refractivity contribution in [2.75, 3.05) is 19.0 Å². The van der Waals surface area contributed by atoms with Crippen molar-refractivity contribution in [1.82, 2.24) is 9.69 Å². The number of carbonyl (C=O) groups excluding carboxylic acids is 1. The number of hydrogen-bond donors (Lipinski definition) is 2. The maximum atomic E-state index is 13.5. The minimum absolute atomic E-state index is 0.112. The van der Waals surface area contributed by atoms with Gasteiger partial charge >= 0.3 is 0 Å². The Kier molecular flexibility index (Phi) is 4.87. The molecule has 8 heteroatoms. The molecule has 0 spiro atoms. The van der Waals surface area contributed by atoms with Crippen molar-refractivity contribution in [2.24, 2.45) is 0 Å². The van der Waals surface area contributed by atoms with E-state index in [-0.39, 0.29) is 15.7 Å². The number of aromatic amines is 1. The lowest BCUT2D eigenvalue weighted by atomic mass is 10.0. The van der Waals surface area contributed by atoms with Gasteiger partial charge in [-0.2, -0.15) is 0 Å². The first-order valence-corrected chi connectivity index (χ1v) is 7.65. The summed E-state index contributed by atoms with van der Waals surface area (Å²) in [6.07, 6.45) is 0. The Bertz CT molecular complexity index is 757. The van der Waals surface area contributed by atoms with E-state index in [2.05, 4.69) is 9.69 Å². The quantitative estimate of drug-likeness (QED) is 0.897. The monoisotopic (exact) mass is 343 g/mol. The molecular formula is C14H15ClFN3O2S. The van der Waals surface area contributed by atoms with E-state index in [4.69, 9.17) is 11.6 Å². The summed E-state index contributed by atoms with van der Waals surface area (Å²) in [5.41, 5.74) is 0.934. The number of nitrogens with one attached hydrogen (secondary N) is 2. The van der Waals surface area contributed by atoms with Gasteiger partial charge in [0.1, 0.15) is 15.7 Å². The molecule has 118 valence electrons. The van der Waals surface area contributed by atoms with Crippen LogP contribution in [0.25, 0.3) is 0 Å². The number of halogens is 2. The van der Waals surface area contributed by atoms with E-state index in [0.29, 0.717) is 5.56 Å².